The van der Waals surface area contributed by atoms with Crippen LogP contribution in [0.2, 0.25) is 0 Å². The maximum absolute atomic E-state index is 13.2. The number of anilines is 2. The summed E-state index contributed by atoms with van der Waals surface area (Å²) >= 11 is 1.45. The van der Waals surface area contributed by atoms with Crippen molar-refractivity contribution in [2.75, 3.05) is 29.9 Å². The van der Waals surface area contributed by atoms with E-state index in [0.717, 1.165) is 22.5 Å². The van der Waals surface area contributed by atoms with Crippen LogP contribution in [0.15, 0.2) is 57.9 Å². The van der Waals surface area contributed by atoms with Gasteiger partial charge >= 0.3 is 0 Å². The number of thiazole rings is 1. The fraction of sp³-hybridized carbons (Fsp3) is 0.217. The van der Waals surface area contributed by atoms with Gasteiger partial charge in [0, 0.05) is 29.6 Å². The molecule has 2 amide bonds. The Morgan fingerprint density at radius 3 is 2.81 bits per heavy atom. The van der Waals surface area contributed by atoms with Gasteiger partial charge in [0.1, 0.15) is 5.75 Å². The lowest BCUT2D eigenvalue weighted by Gasteiger charge is -2.18. The Balaban J connectivity index is 1.67. The first-order valence-corrected chi connectivity index (χ1v) is 11.3. The molecule has 2 aliphatic rings. The predicted octanol–water partition coefficient (Wildman–Crippen LogP) is 3.09. The van der Waals surface area contributed by atoms with Gasteiger partial charge < -0.3 is 15.0 Å². The maximum Gasteiger partial charge on any atom is 0.279 e. The SMILES string of the molecule is CCN=c1scc(-c2ccc3c(c2)NC(=O)CO3)n1N=C1C(=O)N(CC)c2ccccc21. The second-order valence-corrected chi connectivity index (χ2v) is 8.09. The molecule has 0 spiro atoms. The molecule has 0 saturated heterocycles. The van der Waals surface area contributed by atoms with Gasteiger partial charge in [-0.1, -0.05) is 18.2 Å². The molecule has 0 unspecified atom stereocenters. The fourth-order valence-electron chi connectivity index (χ4n) is 3.85. The Morgan fingerprint density at radius 1 is 1.16 bits per heavy atom. The van der Waals surface area contributed by atoms with Gasteiger partial charge in [0.2, 0.25) is 4.80 Å². The van der Waals surface area contributed by atoms with E-state index < -0.39 is 0 Å². The molecule has 9 heteroatoms. The van der Waals surface area contributed by atoms with E-state index in [4.69, 9.17) is 9.84 Å². The number of amides is 2. The van der Waals surface area contributed by atoms with Gasteiger partial charge in [0.25, 0.3) is 11.8 Å². The van der Waals surface area contributed by atoms with Gasteiger partial charge in [0.05, 0.1) is 17.1 Å². The van der Waals surface area contributed by atoms with Crippen molar-refractivity contribution in [3.05, 3.63) is 58.2 Å². The normalized spacial score (nSPS) is 16.8. The van der Waals surface area contributed by atoms with Gasteiger partial charge in [-0.3, -0.25) is 14.6 Å². The standard InChI is InChI=1S/C23H21N5O3S/c1-3-24-23-28(26-21-15-7-5-6-8-17(15)27(4-2)22(21)30)18(13-32-23)14-9-10-19-16(11-14)25-20(29)12-31-19/h5-11,13H,3-4,12H2,1-2H3,(H,25,29). The lowest BCUT2D eigenvalue weighted by molar-refractivity contribution is -0.118. The summed E-state index contributed by atoms with van der Waals surface area (Å²) in [7, 11) is 0. The molecule has 3 heterocycles. The molecule has 0 saturated carbocycles. The molecule has 0 radical (unpaired) electrons. The fourth-order valence-corrected chi connectivity index (χ4v) is 4.75. The number of aromatic nitrogens is 1. The number of likely N-dealkylation sites (N-methyl/N-ethyl adjacent to an activating group) is 1. The van der Waals surface area contributed by atoms with E-state index in [9.17, 15) is 9.59 Å². The highest BCUT2D eigenvalue weighted by atomic mass is 32.1. The van der Waals surface area contributed by atoms with E-state index in [1.54, 1.807) is 9.58 Å². The molecule has 0 aliphatic carbocycles. The zero-order chi connectivity index (χ0) is 22.2. The number of carbonyl (C=O) groups is 2. The van der Waals surface area contributed by atoms with Crippen LogP contribution in [0, 0.1) is 0 Å². The predicted molar refractivity (Wildman–Crippen MR) is 124 cm³/mol. The van der Waals surface area contributed by atoms with Crippen molar-refractivity contribution < 1.29 is 14.3 Å². The molecule has 32 heavy (non-hydrogen) atoms. The highest BCUT2D eigenvalue weighted by Gasteiger charge is 2.33. The Labute approximate surface area is 188 Å². The molecule has 2 aromatic carbocycles. The third-order valence-corrected chi connectivity index (χ3v) is 6.15. The molecular weight excluding hydrogens is 426 g/mol. The van der Waals surface area contributed by atoms with Crippen LogP contribution >= 0.6 is 11.3 Å². The molecule has 0 bridgehead atoms. The zero-order valence-electron chi connectivity index (χ0n) is 17.7. The first-order valence-electron chi connectivity index (χ1n) is 10.4. The third-order valence-electron chi connectivity index (χ3n) is 5.30. The average molecular weight is 448 g/mol. The Bertz CT molecular complexity index is 1340. The van der Waals surface area contributed by atoms with Crippen molar-refractivity contribution in [3.63, 3.8) is 0 Å². The summed E-state index contributed by atoms with van der Waals surface area (Å²) in [6, 6.07) is 13.3. The largest absolute Gasteiger partial charge is 0.482 e. The molecule has 162 valence electrons. The summed E-state index contributed by atoms with van der Waals surface area (Å²) in [5, 5.41) is 9.59. The molecule has 5 rings (SSSR count). The van der Waals surface area contributed by atoms with Gasteiger partial charge in [-0.15, -0.1) is 11.3 Å². The van der Waals surface area contributed by atoms with Crippen LogP contribution in [0.1, 0.15) is 19.4 Å². The van der Waals surface area contributed by atoms with Gasteiger partial charge in [0.15, 0.2) is 12.3 Å². The third kappa shape index (κ3) is 3.31. The van der Waals surface area contributed by atoms with E-state index in [-0.39, 0.29) is 18.4 Å². The number of nitrogens with one attached hydrogen (secondary N) is 1. The molecule has 2 aliphatic heterocycles. The van der Waals surface area contributed by atoms with E-state index in [1.165, 1.54) is 11.3 Å². The lowest BCUT2D eigenvalue weighted by Crippen LogP contribution is -2.30. The van der Waals surface area contributed by atoms with Crippen LogP contribution < -0.4 is 19.8 Å². The van der Waals surface area contributed by atoms with Crippen molar-refractivity contribution in [1.29, 1.82) is 0 Å². The Morgan fingerprint density at radius 2 is 2.00 bits per heavy atom. The van der Waals surface area contributed by atoms with Crippen LogP contribution in [-0.4, -0.2) is 41.9 Å². The van der Waals surface area contributed by atoms with Gasteiger partial charge in [-0.25, -0.2) is 4.68 Å². The minimum atomic E-state index is -0.192. The summed E-state index contributed by atoms with van der Waals surface area (Å²) < 4.78 is 7.19. The molecule has 1 aromatic heterocycles. The number of ether oxygens (including phenoxy) is 1. The van der Waals surface area contributed by atoms with Crippen molar-refractivity contribution in [2.24, 2.45) is 10.1 Å². The number of fused-ring (bicyclic) bond motifs is 2. The van der Waals surface area contributed by atoms with Crippen molar-refractivity contribution >= 4 is 40.2 Å². The molecule has 8 nitrogen and oxygen atoms in total. The number of hydrogen-bond acceptors (Lipinski definition) is 6. The number of nitrogens with zero attached hydrogens (tertiary/aromatic N) is 4. The highest BCUT2D eigenvalue weighted by molar-refractivity contribution is 7.07. The lowest BCUT2D eigenvalue weighted by atomic mass is 10.1. The summed E-state index contributed by atoms with van der Waals surface area (Å²) in [5.74, 6) is 0.299. The number of benzene rings is 2. The van der Waals surface area contributed by atoms with Crippen LogP contribution in [0.4, 0.5) is 11.4 Å². The Hall–Kier alpha value is -3.72. The first-order chi connectivity index (χ1) is 15.6. The summed E-state index contributed by atoms with van der Waals surface area (Å²) in [6.07, 6.45) is 0. The van der Waals surface area contributed by atoms with Crippen LogP contribution in [0.5, 0.6) is 5.75 Å². The van der Waals surface area contributed by atoms with E-state index in [0.29, 0.717) is 35.0 Å². The van der Waals surface area contributed by atoms with Gasteiger partial charge in [-0.2, -0.15) is 5.10 Å². The van der Waals surface area contributed by atoms with Crippen LogP contribution in [0.25, 0.3) is 11.3 Å². The number of para-hydroxylation sites is 1. The quantitative estimate of drug-likeness (QED) is 0.667. The monoisotopic (exact) mass is 447 g/mol. The topological polar surface area (TPSA) is 88.3 Å². The van der Waals surface area contributed by atoms with Crippen molar-refractivity contribution in [1.82, 2.24) is 4.68 Å². The summed E-state index contributed by atoms with van der Waals surface area (Å²) in [6.45, 7) is 5.06. The maximum atomic E-state index is 13.2. The Kier molecular flexibility index (Phi) is 5.10. The average Bonchev–Trinajstić information content (AvgIpc) is 3.32. The minimum Gasteiger partial charge on any atom is -0.482 e. The molecule has 1 N–H and O–H groups in total. The first kappa shape index (κ1) is 20.2. The number of rotatable bonds is 4. The van der Waals surface area contributed by atoms with Crippen LogP contribution in [-0.2, 0) is 9.59 Å². The molecule has 0 atom stereocenters. The molecular formula is C23H21N5O3S. The van der Waals surface area contributed by atoms with Crippen molar-refractivity contribution in [3.8, 4) is 17.0 Å². The van der Waals surface area contributed by atoms with Crippen molar-refractivity contribution in [2.45, 2.75) is 13.8 Å². The second-order valence-electron chi connectivity index (χ2n) is 7.25. The highest BCUT2D eigenvalue weighted by Crippen LogP contribution is 2.34. The smallest absolute Gasteiger partial charge is 0.279 e. The number of hydrogen-bond donors (Lipinski definition) is 1. The van der Waals surface area contributed by atoms with E-state index >= 15 is 0 Å². The second kappa shape index (κ2) is 8.08. The molecule has 0 fully saturated rings. The zero-order valence-corrected chi connectivity index (χ0v) is 18.5. The summed E-state index contributed by atoms with van der Waals surface area (Å²) in [5.41, 5.74) is 4.26. The van der Waals surface area contributed by atoms with Gasteiger partial charge in [-0.05, 0) is 38.1 Å². The van der Waals surface area contributed by atoms with E-state index in [1.807, 2.05) is 61.7 Å². The minimum absolute atomic E-state index is 0.00737. The molecule has 3 aromatic rings. The van der Waals surface area contributed by atoms with E-state index in [2.05, 4.69) is 10.3 Å². The van der Waals surface area contributed by atoms with Crippen LogP contribution in [0.3, 0.4) is 0 Å². The number of carbonyl (C=O) groups excluding carboxylic acids is 2. The summed E-state index contributed by atoms with van der Waals surface area (Å²) in [4.78, 5) is 31.9.